The molecular formula is C21H22N4O3. The first-order valence-electron chi connectivity index (χ1n) is 8.79. The second-order valence-corrected chi connectivity index (χ2v) is 6.38. The van der Waals surface area contributed by atoms with Crippen LogP contribution in [0.2, 0.25) is 0 Å². The van der Waals surface area contributed by atoms with Gasteiger partial charge in [0.25, 0.3) is 0 Å². The van der Waals surface area contributed by atoms with Crippen molar-refractivity contribution in [2.75, 3.05) is 0 Å². The lowest BCUT2D eigenvalue weighted by molar-refractivity contribution is -0.130. The third kappa shape index (κ3) is 5.95. The average Bonchev–Trinajstić information content (AvgIpc) is 2.67. The van der Waals surface area contributed by atoms with Gasteiger partial charge in [0.1, 0.15) is 12.1 Å². The molecule has 0 saturated carbocycles. The molecule has 0 heterocycles. The van der Waals surface area contributed by atoms with Crippen LogP contribution in [-0.2, 0) is 27.2 Å². The van der Waals surface area contributed by atoms with Crippen molar-refractivity contribution < 1.29 is 14.4 Å². The van der Waals surface area contributed by atoms with E-state index in [0.29, 0.717) is 11.1 Å². The normalized spacial score (nSPS) is 12.3. The minimum Gasteiger partial charge on any atom is -0.368 e. The van der Waals surface area contributed by atoms with Crippen molar-refractivity contribution in [1.29, 1.82) is 5.26 Å². The number of benzene rings is 2. The lowest BCUT2D eigenvalue weighted by Crippen LogP contribution is -2.54. The minimum atomic E-state index is -1.01. The number of primary amides is 1. The molecule has 2 atom stereocenters. The molecule has 28 heavy (non-hydrogen) atoms. The van der Waals surface area contributed by atoms with Gasteiger partial charge in [0.2, 0.25) is 17.7 Å². The number of nitrogens with zero attached hydrogens (tertiary/aromatic N) is 1. The monoisotopic (exact) mass is 378 g/mol. The summed E-state index contributed by atoms with van der Waals surface area (Å²) in [5.74, 6) is -1.60. The molecule has 2 aromatic carbocycles. The van der Waals surface area contributed by atoms with Gasteiger partial charge in [-0.3, -0.25) is 14.4 Å². The first-order chi connectivity index (χ1) is 13.4. The van der Waals surface area contributed by atoms with E-state index in [9.17, 15) is 19.6 Å². The zero-order chi connectivity index (χ0) is 20.5. The molecule has 0 unspecified atom stereocenters. The fraction of sp³-hybridized carbons (Fsp3) is 0.238. The van der Waals surface area contributed by atoms with Crippen LogP contribution in [-0.4, -0.2) is 29.8 Å². The number of rotatable bonds is 8. The Hall–Kier alpha value is -3.66. The van der Waals surface area contributed by atoms with Gasteiger partial charge in [-0.1, -0.05) is 48.5 Å². The maximum Gasteiger partial charge on any atom is 0.243 e. The lowest BCUT2D eigenvalue weighted by Gasteiger charge is -2.22. The highest BCUT2D eigenvalue weighted by atomic mass is 16.2. The maximum atomic E-state index is 12.7. The zero-order valence-corrected chi connectivity index (χ0v) is 15.5. The summed E-state index contributed by atoms with van der Waals surface area (Å²) in [6.07, 6.45) is 0.357. The van der Waals surface area contributed by atoms with Crippen LogP contribution in [0.5, 0.6) is 0 Å². The molecule has 7 nitrogen and oxygen atoms in total. The predicted octanol–water partition coefficient (Wildman–Crippen LogP) is 0.818. The molecule has 2 rings (SSSR count). The van der Waals surface area contributed by atoms with Crippen LogP contribution in [0.25, 0.3) is 0 Å². The quantitative estimate of drug-likeness (QED) is 0.629. The van der Waals surface area contributed by atoms with Gasteiger partial charge in [-0.25, -0.2) is 0 Å². The van der Waals surface area contributed by atoms with Gasteiger partial charge in [-0.2, -0.15) is 5.26 Å². The Kier molecular flexibility index (Phi) is 7.28. The molecule has 144 valence electrons. The molecule has 4 N–H and O–H groups in total. The molecule has 0 fully saturated rings. The van der Waals surface area contributed by atoms with Crippen LogP contribution in [0.3, 0.4) is 0 Å². The molecule has 0 aliphatic rings. The van der Waals surface area contributed by atoms with E-state index in [2.05, 4.69) is 16.7 Å². The summed E-state index contributed by atoms with van der Waals surface area (Å²) in [6, 6.07) is 16.2. The fourth-order valence-corrected chi connectivity index (χ4v) is 2.83. The number of nitrogens with one attached hydrogen (secondary N) is 2. The van der Waals surface area contributed by atoms with Crippen LogP contribution in [0.1, 0.15) is 23.6 Å². The van der Waals surface area contributed by atoms with Gasteiger partial charge in [0.15, 0.2) is 0 Å². The van der Waals surface area contributed by atoms with Crippen molar-refractivity contribution in [1.82, 2.24) is 10.6 Å². The van der Waals surface area contributed by atoms with Gasteiger partial charge >= 0.3 is 0 Å². The highest BCUT2D eigenvalue weighted by molar-refractivity contribution is 5.91. The molecular weight excluding hydrogens is 356 g/mol. The van der Waals surface area contributed by atoms with Crippen molar-refractivity contribution in [3.8, 4) is 6.07 Å². The van der Waals surface area contributed by atoms with Crippen molar-refractivity contribution in [3.63, 3.8) is 0 Å². The predicted molar refractivity (Wildman–Crippen MR) is 104 cm³/mol. The number of nitrogens with two attached hydrogens (primary N) is 1. The van der Waals surface area contributed by atoms with Crippen molar-refractivity contribution >= 4 is 17.7 Å². The van der Waals surface area contributed by atoms with Crippen molar-refractivity contribution in [2.45, 2.75) is 31.8 Å². The number of carbonyl (C=O) groups is 3. The summed E-state index contributed by atoms with van der Waals surface area (Å²) in [7, 11) is 0. The zero-order valence-electron chi connectivity index (χ0n) is 15.5. The summed E-state index contributed by atoms with van der Waals surface area (Å²) < 4.78 is 0. The molecule has 0 aliphatic heterocycles. The Bertz CT molecular complexity index is 890. The molecule has 3 amide bonds. The Balaban J connectivity index is 2.16. The molecule has 0 aliphatic carbocycles. The van der Waals surface area contributed by atoms with Crippen LogP contribution in [0.15, 0.2) is 54.6 Å². The SMILES string of the molecule is CC(=O)N[C@@H](Cc1ccccc1)C(=O)N[C@H](Cc1ccccc1C#N)C(N)=O. The van der Waals surface area contributed by atoms with E-state index in [1.807, 2.05) is 30.3 Å². The number of hydrogen-bond acceptors (Lipinski definition) is 4. The molecule has 0 aromatic heterocycles. The standard InChI is InChI=1S/C21H22N4O3/c1-14(26)24-19(11-15-7-3-2-4-8-15)21(28)25-18(20(23)27)12-16-9-5-6-10-17(16)13-22/h2-10,18-19H,11-12H2,1H3,(H2,23,27)(H,24,26)(H,25,28)/t18-,19+/m1/s1. The summed E-state index contributed by atoms with van der Waals surface area (Å²) >= 11 is 0. The Morgan fingerprint density at radius 1 is 0.964 bits per heavy atom. The number of hydrogen-bond donors (Lipinski definition) is 3. The van der Waals surface area contributed by atoms with E-state index < -0.39 is 23.9 Å². The molecule has 2 aromatic rings. The van der Waals surface area contributed by atoms with Crippen LogP contribution in [0, 0.1) is 11.3 Å². The lowest BCUT2D eigenvalue weighted by atomic mass is 9.99. The van der Waals surface area contributed by atoms with E-state index >= 15 is 0 Å². The van der Waals surface area contributed by atoms with Crippen molar-refractivity contribution in [2.24, 2.45) is 5.73 Å². The highest BCUT2D eigenvalue weighted by Crippen LogP contribution is 2.11. The topological polar surface area (TPSA) is 125 Å². The van der Waals surface area contributed by atoms with Gasteiger partial charge in [-0.15, -0.1) is 0 Å². The smallest absolute Gasteiger partial charge is 0.243 e. The molecule has 0 spiro atoms. The van der Waals surface area contributed by atoms with Crippen molar-refractivity contribution in [3.05, 3.63) is 71.3 Å². The summed E-state index contributed by atoms with van der Waals surface area (Å²) in [5.41, 5.74) is 7.33. The minimum absolute atomic E-state index is 0.0862. The summed E-state index contributed by atoms with van der Waals surface area (Å²) in [4.78, 5) is 36.1. The Morgan fingerprint density at radius 3 is 2.21 bits per heavy atom. The first kappa shape index (κ1) is 20.6. The van der Waals surface area contributed by atoms with Crippen LogP contribution in [0.4, 0.5) is 0 Å². The number of amides is 3. The third-order valence-electron chi connectivity index (χ3n) is 4.20. The fourth-order valence-electron chi connectivity index (χ4n) is 2.83. The van der Waals surface area contributed by atoms with Gasteiger partial charge in [0, 0.05) is 19.8 Å². The number of carbonyl (C=O) groups excluding carboxylic acids is 3. The summed E-state index contributed by atoms with van der Waals surface area (Å²) in [6.45, 7) is 1.32. The average molecular weight is 378 g/mol. The van der Waals surface area contributed by atoms with Crippen LogP contribution < -0.4 is 16.4 Å². The molecule has 0 radical (unpaired) electrons. The first-order valence-corrected chi connectivity index (χ1v) is 8.79. The second-order valence-electron chi connectivity index (χ2n) is 6.38. The van der Waals surface area contributed by atoms with E-state index in [-0.39, 0.29) is 18.7 Å². The maximum absolute atomic E-state index is 12.7. The summed E-state index contributed by atoms with van der Waals surface area (Å²) in [5, 5.41) is 14.4. The van der Waals surface area contributed by atoms with Gasteiger partial charge < -0.3 is 16.4 Å². The number of nitriles is 1. The van der Waals surface area contributed by atoms with E-state index in [1.165, 1.54) is 6.92 Å². The van der Waals surface area contributed by atoms with E-state index in [1.54, 1.807) is 24.3 Å². The largest absolute Gasteiger partial charge is 0.368 e. The molecule has 0 saturated heterocycles. The highest BCUT2D eigenvalue weighted by Gasteiger charge is 2.26. The third-order valence-corrected chi connectivity index (χ3v) is 4.20. The second kappa shape index (κ2) is 9.88. The van der Waals surface area contributed by atoms with E-state index in [4.69, 9.17) is 5.73 Å². The molecule has 0 bridgehead atoms. The van der Waals surface area contributed by atoms with Crippen LogP contribution >= 0.6 is 0 Å². The Morgan fingerprint density at radius 2 is 1.61 bits per heavy atom. The van der Waals surface area contributed by atoms with E-state index in [0.717, 1.165) is 5.56 Å². The van der Waals surface area contributed by atoms with Gasteiger partial charge in [-0.05, 0) is 17.2 Å². The Labute approximate surface area is 163 Å². The molecule has 7 heteroatoms. The van der Waals surface area contributed by atoms with Gasteiger partial charge in [0.05, 0.1) is 11.6 Å².